The van der Waals surface area contributed by atoms with E-state index < -0.39 is 6.10 Å². The number of aliphatic hydroxyl groups is 1. The molecular weight excluding hydrogens is 300 g/mol. The van der Waals surface area contributed by atoms with Crippen LogP contribution in [-0.4, -0.2) is 67.0 Å². The molecule has 23 heavy (non-hydrogen) atoms. The summed E-state index contributed by atoms with van der Waals surface area (Å²) in [6.07, 6.45) is -0.554. The highest BCUT2D eigenvalue weighted by Gasteiger charge is 2.24. The Bertz CT molecular complexity index is 592. The third kappa shape index (κ3) is 3.51. The highest BCUT2D eigenvalue weighted by atomic mass is 16.7. The van der Waals surface area contributed by atoms with Gasteiger partial charge in [0.2, 0.25) is 12.7 Å². The van der Waals surface area contributed by atoms with Gasteiger partial charge in [0.05, 0.1) is 13.2 Å². The van der Waals surface area contributed by atoms with Crippen LogP contribution in [0.15, 0.2) is 12.1 Å². The zero-order valence-corrected chi connectivity index (χ0v) is 13.4. The number of methoxy groups -OCH3 is 1. The first-order valence-electron chi connectivity index (χ1n) is 7.69. The Labute approximate surface area is 135 Å². The molecule has 2 aliphatic rings. The van der Waals surface area contributed by atoms with Crippen molar-refractivity contribution in [1.29, 1.82) is 0 Å². The number of amides is 1. The molecule has 0 saturated carbocycles. The van der Waals surface area contributed by atoms with Gasteiger partial charge >= 0.3 is 0 Å². The molecule has 3 rings (SSSR count). The van der Waals surface area contributed by atoms with E-state index in [1.807, 2.05) is 12.1 Å². The van der Waals surface area contributed by atoms with Gasteiger partial charge in [-0.15, -0.1) is 0 Å². The quantitative estimate of drug-likeness (QED) is 0.871. The van der Waals surface area contributed by atoms with Crippen molar-refractivity contribution in [2.45, 2.75) is 19.6 Å². The fraction of sp³-hybridized carbons (Fsp3) is 0.562. The van der Waals surface area contributed by atoms with Gasteiger partial charge in [-0.25, -0.2) is 0 Å². The number of aliphatic hydroxyl groups excluding tert-OH is 1. The maximum atomic E-state index is 11.5. The number of carbonyl (C=O) groups is 1. The summed E-state index contributed by atoms with van der Waals surface area (Å²) in [5, 5.41) is 10.1. The summed E-state index contributed by atoms with van der Waals surface area (Å²) in [5.41, 5.74) is 0.972. The van der Waals surface area contributed by atoms with Gasteiger partial charge < -0.3 is 24.2 Å². The van der Waals surface area contributed by atoms with Crippen molar-refractivity contribution >= 4 is 5.91 Å². The number of fused-ring (bicyclic) bond motifs is 1. The Balaban J connectivity index is 1.75. The summed E-state index contributed by atoms with van der Waals surface area (Å²) < 4.78 is 16.2. The molecule has 1 saturated heterocycles. The van der Waals surface area contributed by atoms with Gasteiger partial charge in [-0.2, -0.15) is 0 Å². The van der Waals surface area contributed by atoms with E-state index in [0.717, 1.165) is 11.3 Å². The molecule has 1 aromatic carbocycles. The first-order valence-corrected chi connectivity index (χ1v) is 7.69. The maximum absolute atomic E-state index is 11.5. The Hall–Kier alpha value is -1.99. The van der Waals surface area contributed by atoms with E-state index in [1.54, 1.807) is 12.0 Å². The molecule has 0 bridgehead atoms. The lowest BCUT2D eigenvalue weighted by atomic mass is 10.1. The van der Waals surface area contributed by atoms with Crippen molar-refractivity contribution in [3.63, 3.8) is 0 Å². The minimum absolute atomic E-state index is 0.00781. The van der Waals surface area contributed by atoms with Crippen LogP contribution in [0.4, 0.5) is 0 Å². The largest absolute Gasteiger partial charge is 0.496 e. The zero-order valence-electron chi connectivity index (χ0n) is 13.4. The Kier molecular flexibility index (Phi) is 4.58. The Morgan fingerprint density at radius 2 is 2.04 bits per heavy atom. The lowest BCUT2D eigenvalue weighted by molar-refractivity contribution is -0.129. The molecule has 1 atom stereocenters. The first kappa shape index (κ1) is 15.9. The third-order valence-electron chi connectivity index (χ3n) is 4.20. The van der Waals surface area contributed by atoms with E-state index in [0.29, 0.717) is 44.2 Å². The highest BCUT2D eigenvalue weighted by molar-refractivity contribution is 5.73. The topological polar surface area (TPSA) is 71.5 Å². The normalized spacial score (nSPS) is 21.2. The summed E-state index contributed by atoms with van der Waals surface area (Å²) >= 11 is 0. The molecule has 126 valence electrons. The zero-order chi connectivity index (χ0) is 16.4. The molecule has 2 aliphatic heterocycles. The third-order valence-corrected chi connectivity index (χ3v) is 4.20. The molecule has 1 N–H and O–H groups in total. The van der Waals surface area contributed by atoms with Crippen molar-refractivity contribution in [3.8, 4) is 17.2 Å². The maximum Gasteiger partial charge on any atom is 0.231 e. The number of β-amino-alcohol motifs (C(OH)–C–C–N with tert-alkyl or cyclic N) is 1. The summed E-state index contributed by atoms with van der Waals surface area (Å²) in [5.74, 6) is 2.12. The lowest BCUT2D eigenvalue weighted by Gasteiger charge is -2.22. The van der Waals surface area contributed by atoms with Crippen LogP contribution >= 0.6 is 0 Å². The van der Waals surface area contributed by atoms with Crippen LogP contribution in [0.2, 0.25) is 0 Å². The molecule has 0 aliphatic carbocycles. The number of nitrogens with zero attached hydrogens (tertiary/aromatic N) is 2. The van der Waals surface area contributed by atoms with Gasteiger partial charge in [0, 0.05) is 51.3 Å². The summed E-state index contributed by atoms with van der Waals surface area (Å²) in [4.78, 5) is 15.3. The van der Waals surface area contributed by atoms with Gasteiger partial charge in [0.15, 0.2) is 11.5 Å². The van der Waals surface area contributed by atoms with E-state index in [9.17, 15) is 9.90 Å². The van der Waals surface area contributed by atoms with Crippen molar-refractivity contribution in [3.05, 3.63) is 17.7 Å². The Morgan fingerprint density at radius 3 is 2.74 bits per heavy atom. The number of hydrogen-bond acceptors (Lipinski definition) is 6. The molecule has 7 heteroatoms. The van der Waals surface area contributed by atoms with Crippen LogP contribution < -0.4 is 14.2 Å². The number of carbonyl (C=O) groups excluding carboxylic acids is 1. The summed E-state index contributed by atoms with van der Waals surface area (Å²) in [7, 11) is 1.62. The van der Waals surface area contributed by atoms with Crippen LogP contribution in [0.5, 0.6) is 17.2 Å². The second kappa shape index (κ2) is 6.64. The van der Waals surface area contributed by atoms with Crippen LogP contribution in [0.3, 0.4) is 0 Å². The lowest BCUT2D eigenvalue weighted by Crippen LogP contribution is -2.36. The predicted octanol–water partition coefficient (Wildman–Crippen LogP) is 0.449. The minimum atomic E-state index is -0.554. The molecular formula is C16H22N2O5. The molecule has 0 aromatic heterocycles. The van der Waals surface area contributed by atoms with Gasteiger partial charge in [-0.1, -0.05) is 0 Å². The molecule has 1 amide bonds. The number of hydrogen-bond donors (Lipinski definition) is 1. The smallest absolute Gasteiger partial charge is 0.231 e. The monoisotopic (exact) mass is 322 g/mol. The van der Waals surface area contributed by atoms with E-state index in [-0.39, 0.29) is 12.7 Å². The standard InChI is InChI=1S/C16H22N2O5/c1-11(19)18-4-3-17(8-13(20)9-18)7-12-5-15-16(23-10-22-15)6-14(12)21-2/h5-6,13,20H,3-4,7-10H2,1-2H3/t13-/m1/s1. The van der Waals surface area contributed by atoms with Crippen LogP contribution in [0, 0.1) is 0 Å². The van der Waals surface area contributed by atoms with Gasteiger partial charge in [-0.05, 0) is 6.07 Å². The molecule has 1 aromatic rings. The van der Waals surface area contributed by atoms with Crippen LogP contribution in [0.25, 0.3) is 0 Å². The Morgan fingerprint density at radius 1 is 1.30 bits per heavy atom. The highest BCUT2D eigenvalue weighted by Crippen LogP contribution is 2.38. The minimum Gasteiger partial charge on any atom is -0.496 e. The average molecular weight is 322 g/mol. The molecule has 0 unspecified atom stereocenters. The summed E-state index contributed by atoms with van der Waals surface area (Å²) in [6, 6.07) is 3.75. The fourth-order valence-electron chi connectivity index (χ4n) is 3.00. The second-order valence-electron chi connectivity index (χ2n) is 5.87. The van der Waals surface area contributed by atoms with Crippen molar-refractivity contribution in [1.82, 2.24) is 9.80 Å². The molecule has 2 heterocycles. The van der Waals surface area contributed by atoms with Crippen LogP contribution in [0.1, 0.15) is 12.5 Å². The van der Waals surface area contributed by atoms with Gasteiger partial charge in [0.25, 0.3) is 0 Å². The second-order valence-corrected chi connectivity index (χ2v) is 5.87. The molecule has 1 fully saturated rings. The van der Waals surface area contributed by atoms with E-state index >= 15 is 0 Å². The van der Waals surface area contributed by atoms with Crippen molar-refractivity contribution in [2.75, 3.05) is 40.1 Å². The first-order chi connectivity index (χ1) is 11.1. The summed E-state index contributed by atoms with van der Waals surface area (Å²) in [6.45, 7) is 4.57. The molecule has 0 spiro atoms. The van der Waals surface area contributed by atoms with Gasteiger partial charge in [0.1, 0.15) is 5.75 Å². The van der Waals surface area contributed by atoms with E-state index in [1.165, 1.54) is 6.92 Å². The van der Waals surface area contributed by atoms with E-state index in [2.05, 4.69) is 4.90 Å². The average Bonchev–Trinajstić information content (AvgIpc) is 2.88. The molecule has 7 nitrogen and oxygen atoms in total. The number of ether oxygens (including phenoxy) is 3. The van der Waals surface area contributed by atoms with Gasteiger partial charge in [-0.3, -0.25) is 9.69 Å². The van der Waals surface area contributed by atoms with Crippen molar-refractivity contribution < 1.29 is 24.1 Å². The molecule has 0 radical (unpaired) electrons. The number of rotatable bonds is 3. The number of benzene rings is 1. The predicted molar refractivity (Wildman–Crippen MR) is 82.7 cm³/mol. The fourth-order valence-corrected chi connectivity index (χ4v) is 3.00. The van der Waals surface area contributed by atoms with Crippen molar-refractivity contribution in [2.24, 2.45) is 0 Å². The SMILES string of the molecule is COc1cc2c(cc1CN1CCN(C(C)=O)C[C@H](O)C1)OCO2. The van der Waals surface area contributed by atoms with Crippen LogP contribution in [-0.2, 0) is 11.3 Å². The van der Waals surface area contributed by atoms with E-state index in [4.69, 9.17) is 14.2 Å².